The molecule has 2 atom stereocenters. The van der Waals surface area contributed by atoms with Gasteiger partial charge in [-0.1, -0.05) is 43.0 Å². The van der Waals surface area contributed by atoms with Crippen LogP contribution in [-0.2, 0) is 14.3 Å². The number of unbranched alkanes of at least 4 members (excludes halogenated alkanes) is 1. The van der Waals surface area contributed by atoms with Crippen molar-refractivity contribution < 1.29 is 14.3 Å². The predicted octanol–water partition coefficient (Wildman–Crippen LogP) is 3.64. The quantitative estimate of drug-likeness (QED) is 0.694. The van der Waals surface area contributed by atoms with Gasteiger partial charge in [0.2, 0.25) is 5.91 Å². The summed E-state index contributed by atoms with van der Waals surface area (Å²) in [5.74, 6) is -0.726. The van der Waals surface area contributed by atoms with E-state index in [1.165, 1.54) is 7.11 Å². The Balaban J connectivity index is 2.66. The lowest BCUT2D eigenvalue weighted by molar-refractivity contribution is -0.145. The second-order valence-electron chi connectivity index (χ2n) is 5.22. The molecule has 0 aromatic heterocycles. The molecule has 0 spiro atoms. The van der Waals surface area contributed by atoms with E-state index >= 15 is 0 Å². The molecule has 0 heterocycles. The third-order valence-electron chi connectivity index (χ3n) is 3.34. The maximum atomic E-state index is 12.3. The third kappa shape index (κ3) is 6.28. The molecule has 7 heteroatoms. The molecule has 2 N–H and O–H groups in total. The number of amides is 1. The summed E-state index contributed by atoms with van der Waals surface area (Å²) >= 11 is 11.8. The topological polar surface area (TPSA) is 67.4 Å². The van der Waals surface area contributed by atoms with Gasteiger partial charge in [0.15, 0.2) is 0 Å². The van der Waals surface area contributed by atoms with E-state index in [2.05, 4.69) is 10.6 Å². The van der Waals surface area contributed by atoms with Crippen molar-refractivity contribution in [1.82, 2.24) is 5.32 Å². The Labute approximate surface area is 146 Å². The molecule has 0 aliphatic rings. The Kier molecular flexibility index (Phi) is 8.20. The second kappa shape index (κ2) is 9.63. The van der Waals surface area contributed by atoms with Gasteiger partial charge in [-0.25, -0.2) is 4.79 Å². The summed E-state index contributed by atoms with van der Waals surface area (Å²) in [7, 11) is 1.31. The van der Waals surface area contributed by atoms with Gasteiger partial charge in [-0.3, -0.25) is 4.79 Å². The molecule has 0 saturated carbocycles. The van der Waals surface area contributed by atoms with E-state index in [9.17, 15) is 9.59 Å². The number of carbonyl (C=O) groups is 2. The summed E-state index contributed by atoms with van der Waals surface area (Å²) in [5, 5.41) is 6.58. The summed E-state index contributed by atoms with van der Waals surface area (Å²) in [4.78, 5) is 24.0. The van der Waals surface area contributed by atoms with Crippen LogP contribution in [0.3, 0.4) is 0 Å². The zero-order valence-electron chi connectivity index (χ0n) is 13.5. The number of rotatable bonds is 8. The average molecular weight is 361 g/mol. The minimum atomic E-state index is -0.634. The van der Waals surface area contributed by atoms with Gasteiger partial charge >= 0.3 is 5.97 Å². The summed E-state index contributed by atoms with van der Waals surface area (Å²) in [6.07, 6.45) is 2.31. The number of hydrogen-bond donors (Lipinski definition) is 2. The standard InChI is InChI=1S/C16H22Cl2N2O3/c1-4-5-6-14(16(22)23-3)20-15(21)10(2)19-11-7-8-12(17)13(18)9-11/h7-10,14,19H,4-6H2,1-3H3,(H,20,21)/t10?,14-/m0/s1. The van der Waals surface area contributed by atoms with E-state index in [-0.39, 0.29) is 5.91 Å². The molecule has 23 heavy (non-hydrogen) atoms. The molecule has 0 fully saturated rings. The van der Waals surface area contributed by atoms with Crippen LogP contribution < -0.4 is 10.6 Å². The summed E-state index contributed by atoms with van der Waals surface area (Å²) in [5.41, 5.74) is 0.672. The minimum Gasteiger partial charge on any atom is -0.467 e. The van der Waals surface area contributed by atoms with Crippen LogP contribution in [-0.4, -0.2) is 31.1 Å². The highest BCUT2D eigenvalue weighted by Crippen LogP contribution is 2.25. The molecule has 1 aromatic carbocycles. The number of methoxy groups -OCH3 is 1. The van der Waals surface area contributed by atoms with Crippen LogP contribution in [0.2, 0.25) is 10.0 Å². The van der Waals surface area contributed by atoms with Gasteiger partial charge in [0.1, 0.15) is 12.1 Å². The SMILES string of the molecule is CCCC[C@H](NC(=O)C(C)Nc1ccc(Cl)c(Cl)c1)C(=O)OC. The summed E-state index contributed by atoms with van der Waals surface area (Å²) in [6, 6.07) is 3.84. The highest BCUT2D eigenvalue weighted by Gasteiger charge is 2.23. The van der Waals surface area contributed by atoms with Crippen LogP contribution in [0, 0.1) is 0 Å². The van der Waals surface area contributed by atoms with E-state index in [1.807, 2.05) is 6.92 Å². The van der Waals surface area contributed by atoms with Crippen molar-refractivity contribution in [3.8, 4) is 0 Å². The monoisotopic (exact) mass is 360 g/mol. The van der Waals surface area contributed by atoms with Crippen LogP contribution in [0.25, 0.3) is 0 Å². The average Bonchev–Trinajstić information content (AvgIpc) is 2.53. The number of anilines is 1. The Morgan fingerprint density at radius 2 is 1.96 bits per heavy atom. The lowest BCUT2D eigenvalue weighted by Gasteiger charge is -2.20. The minimum absolute atomic E-state index is 0.289. The molecule has 1 rings (SSSR count). The number of nitrogens with one attached hydrogen (secondary N) is 2. The Hall–Kier alpha value is -1.46. The van der Waals surface area contributed by atoms with Crippen LogP contribution in [0.4, 0.5) is 5.69 Å². The van der Waals surface area contributed by atoms with Crippen molar-refractivity contribution in [2.45, 2.75) is 45.2 Å². The van der Waals surface area contributed by atoms with Gasteiger partial charge in [-0.05, 0) is 31.5 Å². The highest BCUT2D eigenvalue weighted by molar-refractivity contribution is 6.42. The summed E-state index contributed by atoms with van der Waals surface area (Å²) in [6.45, 7) is 3.72. The first kappa shape index (κ1) is 19.6. The largest absolute Gasteiger partial charge is 0.467 e. The van der Waals surface area contributed by atoms with E-state index in [0.29, 0.717) is 22.2 Å². The van der Waals surface area contributed by atoms with Gasteiger partial charge in [0.25, 0.3) is 0 Å². The van der Waals surface area contributed by atoms with Gasteiger partial charge in [-0.2, -0.15) is 0 Å². The number of ether oxygens (including phenoxy) is 1. The maximum Gasteiger partial charge on any atom is 0.328 e. The first-order valence-electron chi connectivity index (χ1n) is 7.48. The molecular formula is C16H22Cl2N2O3. The van der Waals surface area contributed by atoms with E-state index in [1.54, 1.807) is 25.1 Å². The van der Waals surface area contributed by atoms with Gasteiger partial charge < -0.3 is 15.4 Å². The first-order chi connectivity index (χ1) is 10.9. The number of hydrogen-bond acceptors (Lipinski definition) is 4. The fourth-order valence-corrected chi connectivity index (χ4v) is 2.30. The molecule has 0 bridgehead atoms. The molecule has 0 saturated heterocycles. The lowest BCUT2D eigenvalue weighted by Crippen LogP contribution is -2.47. The van der Waals surface area contributed by atoms with Crippen molar-refractivity contribution in [3.63, 3.8) is 0 Å². The Bertz CT molecular complexity index is 552. The zero-order chi connectivity index (χ0) is 17.4. The normalized spacial score (nSPS) is 13.1. The van der Waals surface area contributed by atoms with Crippen molar-refractivity contribution in [3.05, 3.63) is 28.2 Å². The van der Waals surface area contributed by atoms with Gasteiger partial charge in [0.05, 0.1) is 17.2 Å². The highest BCUT2D eigenvalue weighted by atomic mass is 35.5. The molecule has 1 amide bonds. The van der Waals surface area contributed by atoms with Crippen molar-refractivity contribution in [1.29, 1.82) is 0 Å². The lowest BCUT2D eigenvalue weighted by atomic mass is 10.1. The number of halogens is 2. The van der Waals surface area contributed by atoms with Gasteiger partial charge in [0, 0.05) is 5.69 Å². The van der Waals surface area contributed by atoms with E-state index < -0.39 is 18.1 Å². The molecule has 0 aliphatic heterocycles. The molecular weight excluding hydrogens is 339 g/mol. The van der Waals surface area contributed by atoms with Crippen LogP contribution >= 0.6 is 23.2 Å². The fourth-order valence-electron chi connectivity index (χ4n) is 2.00. The molecule has 1 aromatic rings. The zero-order valence-corrected chi connectivity index (χ0v) is 15.0. The van der Waals surface area contributed by atoms with E-state index in [4.69, 9.17) is 27.9 Å². The first-order valence-corrected chi connectivity index (χ1v) is 8.24. The maximum absolute atomic E-state index is 12.3. The summed E-state index contributed by atoms with van der Waals surface area (Å²) < 4.78 is 4.73. The van der Waals surface area contributed by atoms with Crippen LogP contribution in [0.15, 0.2) is 18.2 Å². The van der Waals surface area contributed by atoms with Crippen molar-refractivity contribution in [2.24, 2.45) is 0 Å². The second-order valence-corrected chi connectivity index (χ2v) is 6.04. The Morgan fingerprint density at radius 1 is 1.26 bits per heavy atom. The van der Waals surface area contributed by atoms with Crippen LogP contribution in [0.5, 0.6) is 0 Å². The number of carbonyl (C=O) groups excluding carboxylic acids is 2. The molecule has 0 aliphatic carbocycles. The van der Waals surface area contributed by atoms with Gasteiger partial charge in [-0.15, -0.1) is 0 Å². The van der Waals surface area contributed by atoms with E-state index in [0.717, 1.165) is 12.8 Å². The van der Waals surface area contributed by atoms with Crippen molar-refractivity contribution in [2.75, 3.05) is 12.4 Å². The Morgan fingerprint density at radius 3 is 2.52 bits per heavy atom. The molecule has 0 radical (unpaired) electrons. The fraction of sp³-hybridized carbons (Fsp3) is 0.500. The molecule has 128 valence electrons. The molecule has 1 unspecified atom stereocenters. The predicted molar refractivity (Wildman–Crippen MR) is 93.0 cm³/mol. The third-order valence-corrected chi connectivity index (χ3v) is 4.08. The molecule has 5 nitrogen and oxygen atoms in total. The smallest absolute Gasteiger partial charge is 0.328 e. The van der Waals surface area contributed by atoms with Crippen molar-refractivity contribution >= 4 is 40.8 Å². The van der Waals surface area contributed by atoms with Crippen LogP contribution in [0.1, 0.15) is 33.1 Å². The number of esters is 1. The number of benzene rings is 1.